The third kappa shape index (κ3) is 4.39. The van der Waals surface area contributed by atoms with Crippen LogP contribution in [0, 0.1) is 5.92 Å². The van der Waals surface area contributed by atoms with Crippen molar-refractivity contribution in [2.45, 2.75) is 45.2 Å². The van der Waals surface area contributed by atoms with Gasteiger partial charge in [-0.2, -0.15) is 0 Å². The molecule has 1 saturated carbocycles. The minimum Gasteiger partial charge on any atom is -0.467 e. The number of likely N-dealkylation sites (tertiary alicyclic amines) is 1. The number of aliphatic imine (C=N–C) groups is 1. The van der Waals surface area contributed by atoms with Gasteiger partial charge in [0.2, 0.25) is 5.91 Å². The molecule has 2 aliphatic rings. The molecule has 4 rings (SSSR count). The number of allylic oxidation sites excluding steroid dienone is 3. The minimum absolute atomic E-state index is 0.0240. The Morgan fingerprint density at radius 3 is 2.81 bits per heavy atom. The number of anilines is 1. The highest BCUT2D eigenvalue weighted by atomic mass is 16.5. The van der Waals surface area contributed by atoms with Gasteiger partial charge in [-0.1, -0.05) is 12.7 Å². The fourth-order valence-corrected chi connectivity index (χ4v) is 3.83. The van der Waals surface area contributed by atoms with E-state index in [-0.39, 0.29) is 17.9 Å². The summed E-state index contributed by atoms with van der Waals surface area (Å²) in [7, 11) is 1.35. The largest absolute Gasteiger partial charge is 0.467 e. The molecule has 10 heteroatoms. The Hall–Kier alpha value is -3.56. The van der Waals surface area contributed by atoms with Crippen molar-refractivity contribution in [3.05, 3.63) is 30.5 Å². The van der Waals surface area contributed by atoms with Crippen molar-refractivity contribution in [3.8, 4) is 0 Å². The Labute approximate surface area is 185 Å². The molecule has 0 aromatic carbocycles. The second-order valence-electron chi connectivity index (χ2n) is 8.12. The van der Waals surface area contributed by atoms with Gasteiger partial charge in [0.15, 0.2) is 11.5 Å². The van der Waals surface area contributed by atoms with Crippen molar-refractivity contribution in [2.24, 2.45) is 10.9 Å². The number of nitrogens with one attached hydrogen (secondary N) is 2. The number of aromatic amines is 1. The normalized spacial score (nSPS) is 21.3. The summed E-state index contributed by atoms with van der Waals surface area (Å²) in [4.78, 5) is 47.3. The number of methoxy groups -OCH3 is 1. The smallest absolute Gasteiger partial charge is 0.328 e. The molecule has 1 aliphatic heterocycles. The van der Waals surface area contributed by atoms with E-state index in [4.69, 9.17) is 4.74 Å². The molecule has 2 aromatic heterocycles. The number of H-pyrrole nitrogens is 1. The van der Waals surface area contributed by atoms with Gasteiger partial charge in [-0.15, -0.1) is 0 Å². The monoisotopic (exact) mass is 437 g/mol. The van der Waals surface area contributed by atoms with E-state index in [1.54, 1.807) is 11.1 Å². The zero-order valence-electron chi connectivity index (χ0n) is 18.5. The van der Waals surface area contributed by atoms with Crippen molar-refractivity contribution in [3.63, 3.8) is 0 Å². The number of imidazole rings is 1. The lowest BCUT2D eigenvalue weighted by Crippen LogP contribution is -2.42. The van der Waals surface area contributed by atoms with Crippen LogP contribution in [0.15, 0.2) is 29.7 Å². The van der Waals surface area contributed by atoms with E-state index < -0.39 is 12.0 Å². The van der Waals surface area contributed by atoms with Crippen LogP contribution < -0.4 is 5.32 Å². The standard InChI is InChI=1S/C22H27N7O3/c1-5-13(9-23-12(2)3)18-27-17-19(24-11-25-20(17)28-18)26-15-8-16(22(31)32-4)29(10-15)21(30)14-6-7-14/h5,9,11,14-16H,2,6-8,10H2,1,3-4H3,(H2,24,25,26,27,28)/b13-5+,23-9?/t15-,16+/m0/s1. The van der Waals surface area contributed by atoms with Crippen LogP contribution in [0.3, 0.4) is 0 Å². The molecule has 1 amide bonds. The lowest BCUT2D eigenvalue weighted by Gasteiger charge is -2.22. The molecule has 0 radical (unpaired) electrons. The quantitative estimate of drug-likeness (QED) is 0.503. The molecule has 1 aliphatic carbocycles. The van der Waals surface area contributed by atoms with E-state index in [1.165, 1.54) is 13.4 Å². The number of ether oxygens (including phenoxy) is 1. The van der Waals surface area contributed by atoms with Crippen LogP contribution in [0.4, 0.5) is 5.82 Å². The number of nitrogens with zero attached hydrogens (tertiary/aromatic N) is 5. The van der Waals surface area contributed by atoms with E-state index in [0.29, 0.717) is 41.5 Å². The molecule has 3 heterocycles. The number of hydrogen-bond acceptors (Lipinski definition) is 8. The molecule has 0 bridgehead atoms. The first-order chi connectivity index (χ1) is 15.4. The molecule has 0 unspecified atom stereocenters. The van der Waals surface area contributed by atoms with E-state index >= 15 is 0 Å². The summed E-state index contributed by atoms with van der Waals surface area (Å²) in [6, 6.07) is -0.744. The SMILES string of the molecule is C=C(C)N=C/C(=C\C)c1nc2ncnc(N[C@H]3C[C@H](C(=O)OC)N(C(=O)C4CC4)C3)c2[nH]1. The number of carbonyl (C=O) groups excluding carboxylic acids is 2. The van der Waals surface area contributed by atoms with Crippen molar-refractivity contribution in [1.82, 2.24) is 24.8 Å². The number of hydrogen-bond donors (Lipinski definition) is 2. The first-order valence-electron chi connectivity index (χ1n) is 10.6. The van der Waals surface area contributed by atoms with Crippen LogP contribution >= 0.6 is 0 Å². The maximum absolute atomic E-state index is 12.7. The predicted octanol–water partition coefficient (Wildman–Crippen LogP) is 2.33. The second-order valence-corrected chi connectivity index (χ2v) is 8.12. The Bertz CT molecular complexity index is 1120. The van der Waals surface area contributed by atoms with Crippen molar-refractivity contribution >= 4 is 40.6 Å². The highest BCUT2D eigenvalue weighted by Gasteiger charge is 2.45. The first-order valence-corrected chi connectivity index (χ1v) is 10.6. The van der Waals surface area contributed by atoms with Crippen molar-refractivity contribution < 1.29 is 14.3 Å². The Morgan fingerprint density at radius 2 is 2.16 bits per heavy atom. The minimum atomic E-state index is -0.590. The average molecular weight is 438 g/mol. The van der Waals surface area contributed by atoms with Gasteiger partial charge in [-0.3, -0.25) is 9.79 Å². The number of rotatable bonds is 7. The van der Waals surface area contributed by atoms with Crippen LogP contribution in [0.5, 0.6) is 0 Å². The number of aromatic nitrogens is 4. The summed E-state index contributed by atoms with van der Waals surface area (Å²) in [6.07, 6.45) is 7.23. The summed E-state index contributed by atoms with van der Waals surface area (Å²) in [5.41, 5.74) is 2.64. The highest BCUT2D eigenvalue weighted by molar-refractivity contribution is 6.09. The van der Waals surface area contributed by atoms with Gasteiger partial charge < -0.3 is 19.9 Å². The number of esters is 1. The molecule has 168 valence electrons. The van der Waals surface area contributed by atoms with Crippen LogP contribution in [0.2, 0.25) is 0 Å². The molecule has 32 heavy (non-hydrogen) atoms. The molecule has 1 saturated heterocycles. The van der Waals surface area contributed by atoms with Crippen LogP contribution in [-0.4, -0.2) is 68.7 Å². The zero-order valence-corrected chi connectivity index (χ0v) is 18.5. The molecular formula is C22H27N7O3. The van der Waals surface area contributed by atoms with Gasteiger partial charge in [0.05, 0.1) is 7.11 Å². The third-order valence-electron chi connectivity index (χ3n) is 5.62. The molecular weight excluding hydrogens is 410 g/mol. The van der Waals surface area contributed by atoms with Gasteiger partial charge in [-0.25, -0.2) is 19.7 Å². The molecule has 2 N–H and O–H groups in total. The summed E-state index contributed by atoms with van der Waals surface area (Å²) in [5.74, 6) is 0.836. The van der Waals surface area contributed by atoms with E-state index in [1.807, 2.05) is 19.9 Å². The zero-order chi connectivity index (χ0) is 22.8. The molecule has 0 spiro atoms. The summed E-state index contributed by atoms with van der Waals surface area (Å²) < 4.78 is 4.94. The predicted molar refractivity (Wildman–Crippen MR) is 121 cm³/mol. The number of amides is 1. The maximum Gasteiger partial charge on any atom is 0.328 e. The Kier molecular flexibility index (Phi) is 6.02. The maximum atomic E-state index is 12.7. The summed E-state index contributed by atoms with van der Waals surface area (Å²) in [6.45, 7) is 7.90. The van der Waals surface area contributed by atoms with E-state index in [0.717, 1.165) is 18.4 Å². The number of fused-ring (bicyclic) bond motifs is 1. The second kappa shape index (κ2) is 8.89. The molecule has 2 atom stereocenters. The van der Waals surface area contributed by atoms with Crippen LogP contribution in [0.1, 0.15) is 38.9 Å². The third-order valence-corrected chi connectivity index (χ3v) is 5.62. The highest BCUT2D eigenvalue weighted by Crippen LogP contribution is 2.34. The fraction of sp³-hybridized carbons (Fsp3) is 0.455. The van der Waals surface area contributed by atoms with Gasteiger partial charge >= 0.3 is 5.97 Å². The lowest BCUT2D eigenvalue weighted by atomic mass is 10.1. The van der Waals surface area contributed by atoms with E-state index in [2.05, 4.69) is 36.8 Å². The van der Waals surface area contributed by atoms with Crippen molar-refractivity contribution in [1.29, 1.82) is 0 Å². The topological polar surface area (TPSA) is 125 Å². The molecule has 2 fully saturated rings. The lowest BCUT2D eigenvalue weighted by molar-refractivity contribution is -0.151. The Balaban J connectivity index is 1.57. The van der Waals surface area contributed by atoms with Crippen molar-refractivity contribution in [2.75, 3.05) is 19.0 Å². The fourth-order valence-electron chi connectivity index (χ4n) is 3.83. The van der Waals surface area contributed by atoms with Gasteiger partial charge in [0.25, 0.3) is 0 Å². The number of carbonyl (C=O) groups is 2. The summed E-state index contributed by atoms with van der Waals surface area (Å²) in [5, 5.41) is 3.37. The average Bonchev–Trinajstić information content (AvgIpc) is 3.40. The molecule has 2 aromatic rings. The van der Waals surface area contributed by atoms with Gasteiger partial charge in [0, 0.05) is 42.4 Å². The Morgan fingerprint density at radius 1 is 1.38 bits per heavy atom. The molecule has 10 nitrogen and oxygen atoms in total. The van der Waals surface area contributed by atoms with E-state index in [9.17, 15) is 9.59 Å². The van der Waals surface area contributed by atoms with Gasteiger partial charge in [-0.05, 0) is 26.7 Å². The van der Waals surface area contributed by atoms with Gasteiger partial charge in [0.1, 0.15) is 23.7 Å². The first kappa shape index (κ1) is 21.7. The van der Waals surface area contributed by atoms with Crippen LogP contribution in [-0.2, 0) is 14.3 Å². The van der Waals surface area contributed by atoms with Crippen LogP contribution in [0.25, 0.3) is 16.7 Å². The summed E-state index contributed by atoms with van der Waals surface area (Å²) >= 11 is 0.